The SMILES string of the molecule is CCCSNC(=O)NCC(C(=N)c1ccc(CCC)cc1)c1ccccc1. The summed E-state index contributed by atoms with van der Waals surface area (Å²) in [7, 11) is 0. The van der Waals surface area contributed by atoms with Crippen LogP contribution in [0.3, 0.4) is 0 Å². The molecule has 2 amide bonds. The number of aryl methyl sites for hydroxylation is 1. The summed E-state index contributed by atoms with van der Waals surface area (Å²) >= 11 is 1.40. The van der Waals surface area contributed by atoms with Crippen LogP contribution in [0.25, 0.3) is 0 Å². The summed E-state index contributed by atoms with van der Waals surface area (Å²) in [4.78, 5) is 12.0. The van der Waals surface area contributed by atoms with Gasteiger partial charge in [0.2, 0.25) is 0 Å². The Kier molecular flexibility index (Phi) is 8.92. The Morgan fingerprint density at radius 2 is 1.74 bits per heavy atom. The molecule has 2 aromatic rings. The molecule has 0 spiro atoms. The van der Waals surface area contributed by atoms with Crippen molar-refractivity contribution in [3.63, 3.8) is 0 Å². The summed E-state index contributed by atoms with van der Waals surface area (Å²) < 4.78 is 2.79. The molecular weight excluding hydrogens is 354 g/mol. The number of nitrogens with one attached hydrogen (secondary N) is 3. The molecule has 0 aliphatic carbocycles. The molecule has 0 heterocycles. The number of hydrogen-bond acceptors (Lipinski definition) is 3. The third-order valence-electron chi connectivity index (χ3n) is 4.29. The van der Waals surface area contributed by atoms with Gasteiger partial charge in [-0.15, -0.1) is 0 Å². The second kappa shape index (κ2) is 11.4. The zero-order valence-corrected chi connectivity index (χ0v) is 16.9. The molecule has 0 aliphatic heterocycles. The van der Waals surface area contributed by atoms with Crippen molar-refractivity contribution < 1.29 is 4.79 Å². The molecular formula is C22H29N3OS. The Hall–Kier alpha value is -2.27. The maximum absolute atomic E-state index is 12.0. The fourth-order valence-electron chi connectivity index (χ4n) is 2.86. The van der Waals surface area contributed by atoms with Gasteiger partial charge in [-0.2, -0.15) is 0 Å². The van der Waals surface area contributed by atoms with Gasteiger partial charge in [0.1, 0.15) is 0 Å². The number of benzene rings is 2. The largest absolute Gasteiger partial charge is 0.336 e. The van der Waals surface area contributed by atoms with Crippen molar-refractivity contribution in [2.45, 2.75) is 39.0 Å². The standard InChI is InChI=1S/C22H29N3OS/c1-3-8-17-11-13-19(14-12-17)21(23)20(18-9-6-5-7-10-18)16-24-22(26)25-27-15-4-2/h5-7,9-14,20,23H,3-4,8,15-16H2,1-2H3,(H2,24,25,26). The van der Waals surface area contributed by atoms with Crippen molar-refractivity contribution in [2.24, 2.45) is 0 Å². The number of hydrogen-bond donors (Lipinski definition) is 3. The number of carbonyl (C=O) groups is 1. The molecule has 0 aliphatic rings. The molecule has 0 saturated heterocycles. The van der Waals surface area contributed by atoms with Crippen molar-refractivity contribution >= 4 is 23.7 Å². The number of amides is 2. The van der Waals surface area contributed by atoms with Crippen LogP contribution in [0.2, 0.25) is 0 Å². The lowest BCUT2D eigenvalue weighted by Crippen LogP contribution is -2.36. The highest BCUT2D eigenvalue weighted by molar-refractivity contribution is 7.97. The lowest BCUT2D eigenvalue weighted by atomic mass is 9.89. The van der Waals surface area contributed by atoms with Gasteiger partial charge in [0.25, 0.3) is 0 Å². The third kappa shape index (κ3) is 6.75. The number of urea groups is 1. The van der Waals surface area contributed by atoms with Crippen LogP contribution < -0.4 is 10.0 Å². The van der Waals surface area contributed by atoms with E-state index in [0.29, 0.717) is 12.3 Å². The van der Waals surface area contributed by atoms with E-state index in [0.717, 1.165) is 36.1 Å². The molecule has 1 atom stereocenters. The minimum atomic E-state index is -0.208. The highest BCUT2D eigenvalue weighted by atomic mass is 32.2. The van der Waals surface area contributed by atoms with E-state index in [9.17, 15) is 4.79 Å². The van der Waals surface area contributed by atoms with E-state index in [1.807, 2.05) is 42.5 Å². The lowest BCUT2D eigenvalue weighted by Gasteiger charge is -2.20. The molecule has 5 heteroatoms. The van der Waals surface area contributed by atoms with Crippen molar-refractivity contribution in [1.29, 1.82) is 5.41 Å². The molecule has 3 N–H and O–H groups in total. The van der Waals surface area contributed by atoms with Crippen LogP contribution in [0.15, 0.2) is 54.6 Å². The van der Waals surface area contributed by atoms with E-state index in [1.54, 1.807) is 0 Å². The second-order valence-corrected chi connectivity index (χ2v) is 7.39. The maximum Gasteiger partial charge on any atom is 0.324 e. The summed E-state index contributed by atoms with van der Waals surface area (Å²) in [5.41, 5.74) is 3.73. The van der Waals surface area contributed by atoms with Gasteiger partial charge in [-0.25, -0.2) is 4.79 Å². The van der Waals surface area contributed by atoms with E-state index in [4.69, 9.17) is 5.41 Å². The quantitative estimate of drug-likeness (QED) is 0.302. The van der Waals surface area contributed by atoms with Crippen molar-refractivity contribution in [3.8, 4) is 0 Å². The molecule has 2 aromatic carbocycles. The van der Waals surface area contributed by atoms with Crippen LogP contribution in [0, 0.1) is 5.41 Å². The molecule has 27 heavy (non-hydrogen) atoms. The molecule has 0 bridgehead atoms. The molecule has 0 saturated carbocycles. The van der Waals surface area contributed by atoms with E-state index < -0.39 is 0 Å². The van der Waals surface area contributed by atoms with Crippen molar-refractivity contribution in [2.75, 3.05) is 12.3 Å². The molecule has 0 radical (unpaired) electrons. The van der Waals surface area contributed by atoms with Gasteiger partial charge in [0, 0.05) is 23.9 Å². The summed E-state index contributed by atoms with van der Waals surface area (Å²) in [6, 6.07) is 17.9. The van der Waals surface area contributed by atoms with Gasteiger partial charge in [-0.1, -0.05) is 74.9 Å². The van der Waals surface area contributed by atoms with Crippen molar-refractivity contribution in [3.05, 3.63) is 71.3 Å². The zero-order chi connectivity index (χ0) is 19.5. The van der Waals surface area contributed by atoms with Crippen LogP contribution in [0.4, 0.5) is 4.79 Å². The van der Waals surface area contributed by atoms with E-state index in [-0.39, 0.29) is 11.9 Å². The Labute approximate surface area is 166 Å². The summed E-state index contributed by atoms with van der Waals surface area (Å²) in [5.74, 6) is 0.695. The van der Waals surface area contributed by atoms with Crippen LogP contribution in [-0.4, -0.2) is 24.0 Å². The summed E-state index contributed by atoms with van der Waals surface area (Å²) in [6.45, 7) is 4.63. The van der Waals surface area contributed by atoms with Gasteiger partial charge in [0.15, 0.2) is 0 Å². The Balaban J connectivity index is 2.10. The maximum atomic E-state index is 12.0. The molecule has 144 valence electrons. The lowest BCUT2D eigenvalue weighted by molar-refractivity contribution is 0.246. The summed E-state index contributed by atoms with van der Waals surface area (Å²) in [5, 5.41) is 11.6. The monoisotopic (exact) mass is 383 g/mol. The van der Waals surface area contributed by atoms with E-state index in [2.05, 4.69) is 36.0 Å². The van der Waals surface area contributed by atoms with Gasteiger partial charge in [-0.3, -0.25) is 4.72 Å². The third-order valence-corrected chi connectivity index (χ3v) is 5.23. The normalized spacial score (nSPS) is 11.6. The predicted octanol–water partition coefficient (Wildman–Crippen LogP) is 5.15. The van der Waals surface area contributed by atoms with Gasteiger partial charge in [0.05, 0.1) is 0 Å². The minimum Gasteiger partial charge on any atom is -0.336 e. The van der Waals surface area contributed by atoms with Crippen LogP contribution >= 0.6 is 11.9 Å². The zero-order valence-electron chi connectivity index (χ0n) is 16.1. The van der Waals surface area contributed by atoms with Gasteiger partial charge in [-0.05, 0) is 41.5 Å². The minimum absolute atomic E-state index is 0.190. The topological polar surface area (TPSA) is 65.0 Å². The molecule has 2 rings (SSSR count). The first-order chi connectivity index (χ1) is 13.2. The molecule has 1 unspecified atom stereocenters. The first kappa shape index (κ1) is 21.0. The van der Waals surface area contributed by atoms with Crippen molar-refractivity contribution in [1.82, 2.24) is 10.0 Å². The number of carbonyl (C=O) groups excluding carboxylic acids is 1. The average molecular weight is 384 g/mol. The van der Waals surface area contributed by atoms with Gasteiger partial charge < -0.3 is 10.7 Å². The number of rotatable bonds is 10. The highest BCUT2D eigenvalue weighted by Crippen LogP contribution is 2.21. The Morgan fingerprint density at radius 1 is 1.04 bits per heavy atom. The second-order valence-electron chi connectivity index (χ2n) is 6.48. The van der Waals surface area contributed by atoms with E-state index in [1.165, 1.54) is 17.5 Å². The van der Waals surface area contributed by atoms with Crippen LogP contribution in [0.1, 0.15) is 49.3 Å². The average Bonchev–Trinajstić information content (AvgIpc) is 2.70. The van der Waals surface area contributed by atoms with Gasteiger partial charge >= 0.3 is 6.03 Å². The predicted molar refractivity (Wildman–Crippen MR) is 116 cm³/mol. The van der Waals surface area contributed by atoms with E-state index >= 15 is 0 Å². The highest BCUT2D eigenvalue weighted by Gasteiger charge is 2.19. The fourth-order valence-corrected chi connectivity index (χ4v) is 3.37. The molecule has 4 nitrogen and oxygen atoms in total. The molecule has 0 fully saturated rings. The van der Waals surface area contributed by atoms with Crippen LogP contribution in [0.5, 0.6) is 0 Å². The first-order valence-electron chi connectivity index (χ1n) is 9.54. The van der Waals surface area contributed by atoms with Crippen LogP contribution in [-0.2, 0) is 6.42 Å². The fraction of sp³-hybridized carbons (Fsp3) is 0.364. The summed E-state index contributed by atoms with van der Waals surface area (Å²) in [6.07, 6.45) is 3.17. The Morgan fingerprint density at radius 3 is 2.37 bits per heavy atom. The molecule has 0 aromatic heterocycles. The first-order valence-corrected chi connectivity index (χ1v) is 10.5. The smallest absolute Gasteiger partial charge is 0.324 e. The Bertz CT molecular complexity index is 716.